The van der Waals surface area contributed by atoms with Crippen molar-refractivity contribution in [2.45, 2.75) is 25.4 Å². The lowest BCUT2D eigenvalue weighted by Crippen LogP contribution is -2.40. The molecule has 72 valence electrons. The summed E-state index contributed by atoms with van der Waals surface area (Å²) < 4.78 is 2.75. The second-order valence-corrected chi connectivity index (χ2v) is 3.38. The lowest BCUT2D eigenvalue weighted by Gasteiger charge is -2.04. The van der Waals surface area contributed by atoms with Crippen LogP contribution in [-0.4, -0.2) is 9.13 Å². The zero-order valence-corrected chi connectivity index (χ0v) is 7.64. The Morgan fingerprint density at radius 1 is 1.36 bits per heavy atom. The largest absolute Gasteiger partial charge is 0.317 e. The normalized spacial score (nSPS) is 15.1. The molecular formula is C10H10N2O2. The molecule has 1 heterocycles. The first kappa shape index (κ1) is 8.82. The molecule has 1 saturated carbocycles. The lowest BCUT2D eigenvalue weighted by atomic mass is 10.5. The fourth-order valence-corrected chi connectivity index (χ4v) is 1.38. The standard InChI is InChI=1S/C10H10N2O2/c1-2-5-11-6-7-12(8-3-4-8)10(14)9(11)13/h1,6-8H,3-5H2. The maximum Gasteiger partial charge on any atom is 0.317 e. The minimum atomic E-state index is -0.530. The van der Waals surface area contributed by atoms with Crippen molar-refractivity contribution >= 4 is 0 Å². The van der Waals surface area contributed by atoms with Crippen LogP contribution in [0.1, 0.15) is 18.9 Å². The molecule has 4 heteroatoms. The highest BCUT2D eigenvalue weighted by Gasteiger charge is 2.25. The van der Waals surface area contributed by atoms with Crippen LogP contribution in [0, 0.1) is 12.3 Å². The Bertz CT molecular complexity index is 500. The molecule has 1 aliphatic rings. The van der Waals surface area contributed by atoms with Crippen molar-refractivity contribution in [2.24, 2.45) is 0 Å². The number of hydrogen-bond acceptors (Lipinski definition) is 2. The molecule has 1 aromatic heterocycles. The van der Waals surface area contributed by atoms with Gasteiger partial charge in [-0.3, -0.25) is 14.2 Å². The Morgan fingerprint density at radius 2 is 2.07 bits per heavy atom. The zero-order chi connectivity index (χ0) is 10.1. The van der Waals surface area contributed by atoms with Crippen molar-refractivity contribution in [3.8, 4) is 12.3 Å². The molecule has 1 aromatic rings. The number of nitrogens with zero attached hydrogens (tertiary/aromatic N) is 2. The molecule has 0 radical (unpaired) electrons. The number of aromatic nitrogens is 2. The van der Waals surface area contributed by atoms with E-state index in [1.165, 1.54) is 9.13 Å². The maximum atomic E-state index is 11.5. The van der Waals surface area contributed by atoms with Crippen LogP contribution in [0.5, 0.6) is 0 Å². The molecule has 0 amide bonds. The van der Waals surface area contributed by atoms with Crippen LogP contribution < -0.4 is 11.1 Å². The summed E-state index contributed by atoms with van der Waals surface area (Å²) in [4.78, 5) is 23.0. The van der Waals surface area contributed by atoms with Crippen molar-refractivity contribution in [1.82, 2.24) is 9.13 Å². The summed E-state index contributed by atoms with van der Waals surface area (Å²) in [5.41, 5.74) is -0.998. The molecule has 0 unspecified atom stereocenters. The summed E-state index contributed by atoms with van der Waals surface area (Å²) in [7, 11) is 0. The highest BCUT2D eigenvalue weighted by atomic mass is 16.2. The van der Waals surface area contributed by atoms with E-state index in [0.717, 1.165) is 12.8 Å². The van der Waals surface area contributed by atoms with Gasteiger partial charge in [-0.1, -0.05) is 5.92 Å². The van der Waals surface area contributed by atoms with E-state index in [0.29, 0.717) is 0 Å². The third-order valence-corrected chi connectivity index (χ3v) is 2.29. The van der Waals surface area contributed by atoms with Gasteiger partial charge in [0.25, 0.3) is 0 Å². The Morgan fingerprint density at radius 3 is 2.64 bits per heavy atom. The average Bonchev–Trinajstić information content (AvgIpc) is 2.97. The molecule has 2 rings (SSSR count). The van der Waals surface area contributed by atoms with E-state index in [9.17, 15) is 9.59 Å². The molecule has 0 aromatic carbocycles. The molecule has 0 aliphatic heterocycles. The van der Waals surface area contributed by atoms with Gasteiger partial charge in [0, 0.05) is 18.4 Å². The SMILES string of the molecule is C#CCn1ccn(C2CC2)c(=O)c1=O. The Balaban J connectivity index is 2.52. The third-order valence-electron chi connectivity index (χ3n) is 2.29. The number of hydrogen-bond donors (Lipinski definition) is 0. The molecular weight excluding hydrogens is 180 g/mol. The van der Waals surface area contributed by atoms with Crippen molar-refractivity contribution < 1.29 is 0 Å². The summed E-state index contributed by atoms with van der Waals surface area (Å²) in [5.74, 6) is 2.33. The van der Waals surface area contributed by atoms with Gasteiger partial charge in [0.05, 0.1) is 6.54 Å². The second kappa shape index (κ2) is 3.18. The first-order valence-electron chi connectivity index (χ1n) is 4.49. The minimum Gasteiger partial charge on any atom is -0.306 e. The Labute approximate surface area is 80.8 Å². The highest BCUT2D eigenvalue weighted by molar-refractivity contribution is 4.96. The number of rotatable bonds is 2. The lowest BCUT2D eigenvalue weighted by molar-refractivity contribution is 0.649. The molecule has 0 atom stereocenters. The summed E-state index contributed by atoms with van der Waals surface area (Å²) in [5, 5.41) is 0. The quantitative estimate of drug-likeness (QED) is 0.486. The van der Waals surface area contributed by atoms with Gasteiger partial charge in [-0.25, -0.2) is 0 Å². The second-order valence-electron chi connectivity index (χ2n) is 3.38. The smallest absolute Gasteiger partial charge is 0.306 e. The molecule has 0 bridgehead atoms. The molecule has 0 N–H and O–H groups in total. The monoisotopic (exact) mass is 190 g/mol. The van der Waals surface area contributed by atoms with Crippen molar-refractivity contribution in [1.29, 1.82) is 0 Å². The maximum absolute atomic E-state index is 11.5. The van der Waals surface area contributed by atoms with Gasteiger partial charge in [-0.2, -0.15) is 0 Å². The van der Waals surface area contributed by atoms with Gasteiger partial charge in [0.1, 0.15) is 0 Å². The fraction of sp³-hybridized carbons (Fsp3) is 0.400. The van der Waals surface area contributed by atoms with Gasteiger partial charge >= 0.3 is 11.1 Å². The van der Waals surface area contributed by atoms with Gasteiger partial charge < -0.3 is 4.57 Å². The van der Waals surface area contributed by atoms with Gasteiger partial charge in [-0.05, 0) is 12.8 Å². The van der Waals surface area contributed by atoms with Gasteiger partial charge in [0.15, 0.2) is 0 Å². The summed E-state index contributed by atoms with van der Waals surface area (Å²) in [6, 6.07) is 0.232. The van der Waals surface area contributed by atoms with Crippen molar-refractivity contribution in [3.63, 3.8) is 0 Å². The van der Waals surface area contributed by atoms with Crippen LogP contribution in [0.4, 0.5) is 0 Å². The van der Waals surface area contributed by atoms with Crippen LogP contribution in [-0.2, 0) is 6.54 Å². The zero-order valence-electron chi connectivity index (χ0n) is 7.64. The molecule has 1 fully saturated rings. The predicted octanol–water partition coefficient (Wildman–Crippen LogP) is -0.0219. The van der Waals surface area contributed by atoms with E-state index in [1.807, 2.05) is 0 Å². The van der Waals surface area contributed by atoms with E-state index in [1.54, 1.807) is 12.4 Å². The van der Waals surface area contributed by atoms with E-state index < -0.39 is 11.1 Å². The Hall–Kier alpha value is -1.76. The molecule has 14 heavy (non-hydrogen) atoms. The van der Waals surface area contributed by atoms with E-state index in [2.05, 4.69) is 5.92 Å². The summed E-state index contributed by atoms with van der Waals surface area (Å²) in [6.07, 6.45) is 10.2. The predicted molar refractivity (Wildman–Crippen MR) is 52.1 cm³/mol. The Kier molecular flexibility index (Phi) is 2.01. The van der Waals surface area contributed by atoms with Crippen LogP contribution in [0.15, 0.2) is 22.0 Å². The van der Waals surface area contributed by atoms with E-state index in [-0.39, 0.29) is 12.6 Å². The van der Waals surface area contributed by atoms with Crippen LogP contribution >= 0.6 is 0 Å². The summed E-state index contributed by atoms with van der Waals surface area (Å²) >= 11 is 0. The molecule has 0 saturated heterocycles. The van der Waals surface area contributed by atoms with E-state index >= 15 is 0 Å². The van der Waals surface area contributed by atoms with Crippen LogP contribution in [0.3, 0.4) is 0 Å². The average molecular weight is 190 g/mol. The minimum absolute atomic E-state index is 0.152. The van der Waals surface area contributed by atoms with Crippen molar-refractivity contribution in [2.75, 3.05) is 0 Å². The fourth-order valence-electron chi connectivity index (χ4n) is 1.38. The third kappa shape index (κ3) is 1.37. The van der Waals surface area contributed by atoms with Gasteiger partial charge in [-0.15, -0.1) is 6.42 Å². The first-order valence-corrected chi connectivity index (χ1v) is 4.49. The molecule has 0 spiro atoms. The first-order chi connectivity index (χ1) is 6.74. The molecule has 4 nitrogen and oxygen atoms in total. The van der Waals surface area contributed by atoms with Gasteiger partial charge in [0.2, 0.25) is 0 Å². The van der Waals surface area contributed by atoms with Crippen LogP contribution in [0.25, 0.3) is 0 Å². The van der Waals surface area contributed by atoms with Crippen molar-refractivity contribution in [3.05, 3.63) is 33.1 Å². The highest BCUT2D eigenvalue weighted by Crippen LogP contribution is 2.32. The van der Waals surface area contributed by atoms with E-state index in [4.69, 9.17) is 6.42 Å². The molecule has 1 aliphatic carbocycles. The number of terminal acetylenes is 1. The van der Waals surface area contributed by atoms with Crippen LogP contribution in [0.2, 0.25) is 0 Å². The topological polar surface area (TPSA) is 44.0 Å². The summed E-state index contributed by atoms with van der Waals surface area (Å²) in [6.45, 7) is 0.152.